The third kappa shape index (κ3) is 4.42. The van der Waals surface area contributed by atoms with Crippen molar-refractivity contribution in [3.63, 3.8) is 0 Å². The maximum atomic E-state index is 14.6. The first-order valence-electron chi connectivity index (χ1n) is 12.0. The topological polar surface area (TPSA) is 94.5 Å². The summed E-state index contributed by atoms with van der Waals surface area (Å²) in [6.07, 6.45) is 1.32. The van der Waals surface area contributed by atoms with Crippen molar-refractivity contribution in [1.29, 1.82) is 0 Å². The second-order valence-corrected chi connectivity index (χ2v) is 9.07. The predicted molar refractivity (Wildman–Crippen MR) is 142 cm³/mol. The lowest BCUT2D eigenvalue weighted by Gasteiger charge is -2.37. The molecule has 1 aliphatic heterocycles. The molecule has 1 amide bonds. The van der Waals surface area contributed by atoms with E-state index in [1.54, 1.807) is 62.8 Å². The monoisotopic (exact) mass is 517 g/mol. The molecule has 8 nitrogen and oxygen atoms in total. The second-order valence-electron chi connectivity index (χ2n) is 9.07. The van der Waals surface area contributed by atoms with E-state index in [0.29, 0.717) is 39.7 Å². The zero-order valence-corrected chi connectivity index (χ0v) is 22.3. The Morgan fingerprint density at radius 3 is 2.21 bits per heavy atom. The Labute approximate surface area is 222 Å². The molecular weight excluding hydrogens is 486 g/mol. The number of methoxy groups -OCH3 is 4. The van der Waals surface area contributed by atoms with Gasteiger partial charge in [0.15, 0.2) is 28.6 Å². The minimum Gasteiger partial charge on any atom is -0.503 e. The number of aliphatic hydroxyl groups is 1. The van der Waals surface area contributed by atoms with Gasteiger partial charge in [0, 0.05) is 18.2 Å². The van der Waals surface area contributed by atoms with Crippen molar-refractivity contribution in [2.24, 2.45) is 0 Å². The number of hydrogen-bond donors (Lipinski definition) is 1. The van der Waals surface area contributed by atoms with Crippen LogP contribution in [-0.4, -0.2) is 50.1 Å². The van der Waals surface area contributed by atoms with Crippen molar-refractivity contribution in [3.05, 3.63) is 94.2 Å². The lowest BCUT2D eigenvalue weighted by molar-refractivity contribution is -0.131. The summed E-state index contributed by atoms with van der Waals surface area (Å²) in [4.78, 5) is 29.5. The summed E-state index contributed by atoms with van der Waals surface area (Å²) < 4.78 is 21.7. The number of Topliss-reactive ketones (excluding diaryl/α,β-unsaturated/α-hetero) is 1. The van der Waals surface area contributed by atoms with E-state index in [1.165, 1.54) is 25.2 Å². The van der Waals surface area contributed by atoms with Crippen LogP contribution in [0.2, 0.25) is 0 Å². The molecule has 38 heavy (non-hydrogen) atoms. The average molecular weight is 518 g/mol. The molecule has 0 fully saturated rings. The van der Waals surface area contributed by atoms with E-state index in [1.807, 2.05) is 19.9 Å². The lowest BCUT2D eigenvalue weighted by atomic mass is 9.80. The first-order valence-corrected chi connectivity index (χ1v) is 12.0. The number of aliphatic hydroxyl groups excluding tert-OH is 1. The van der Waals surface area contributed by atoms with E-state index < -0.39 is 17.2 Å². The smallest absolute Gasteiger partial charge is 0.290 e. The van der Waals surface area contributed by atoms with Crippen LogP contribution in [0.5, 0.6) is 23.0 Å². The van der Waals surface area contributed by atoms with E-state index in [0.717, 1.165) is 11.1 Å². The quantitative estimate of drug-likeness (QED) is 0.404. The molecule has 0 radical (unpaired) electrons. The maximum absolute atomic E-state index is 14.6. The third-order valence-electron chi connectivity index (χ3n) is 6.87. The summed E-state index contributed by atoms with van der Waals surface area (Å²) in [7, 11) is 6.14. The second kappa shape index (κ2) is 10.5. The molecule has 1 N–H and O–H groups in total. The number of benzene rings is 3. The molecule has 0 aliphatic carbocycles. The Kier molecular flexibility index (Phi) is 7.35. The number of amides is 1. The van der Waals surface area contributed by atoms with Gasteiger partial charge in [-0.1, -0.05) is 18.2 Å². The third-order valence-corrected chi connectivity index (χ3v) is 6.87. The van der Waals surface area contributed by atoms with E-state index in [-0.39, 0.29) is 12.3 Å². The van der Waals surface area contributed by atoms with Gasteiger partial charge >= 0.3 is 0 Å². The molecule has 0 bridgehead atoms. The fraction of sp³-hybridized carbons (Fsp3) is 0.267. The number of carbonyl (C=O) groups excluding carboxylic acids is 2. The Bertz CT molecular complexity index is 1430. The van der Waals surface area contributed by atoms with Gasteiger partial charge in [-0.05, 0) is 72.5 Å². The molecule has 1 aliphatic rings. The summed E-state index contributed by atoms with van der Waals surface area (Å²) in [6, 6.07) is 15.8. The zero-order valence-electron chi connectivity index (χ0n) is 22.3. The molecule has 0 aromatic heterocycles. The maximum Gasteiger partial charge on any atom is 0.290 e. The largest absolute Gasteiger partial charge is 0.503 e. The van der Waals surface area contributed by atoms with Gasteiger partial charge in [0.25, 0.3) is 5.91 Å². The van der Waals surface area contributed by atoms with Crippen LogP contribution < -0.4 is 18.9 Å². The molecular formula is C30H31NO7. The Hall–Kier alpha value is -4.46. The van der Waals surface area contributed by atoms with Crippen molar-refractivity contribution in [2.45, 2.75) is 25.9 Å². The fourth-order valence-corrected chi connectivity index (χ4v) is 4.88. The Balaban J connectivity index is 1.98. The van der Waals surface area contributed by atoms with Crippen LogP contribution in [0.3, 0.4) is 0 Å². The number of aryl methyl sites for hydroxylation is 2. The van der Waals surface area contributed by atoms with Crippen LogP contribution in [0, 0.1) is 13.8 Å². The number of carbonyl (C=O) groups is 2. The highest BCUT2D eigenvalue weighted by Crippen LogP contribution is 2.44. The molecule has 4 rings (SSSR count). The summed E-state index contributed by atoms with van der Waals surface area (Å²) in [6.45, 7) is 3.69. The predicted octanol–water partition coefficient (Wildman–Crippen LogP) is 4.90. The molecule has 0 saturated heterocycles. The van der Waals surface area contributed by atoms with Crippen molar-refractivity contribution in [3.8, 4) is 23.0 Å². The van der Waals surface area contributed by atoms with Crippen LogP contribution in [0.15, 0.2) is 66.4 Å². The van der Waals surface area contributed by atoms with Gasteiger partial charge in [0.1, 0.15) is 11.5 Å². The molecule has 0 saturated carbocycles. The normalized spacial score (nSPS) is 16.7. The number of nitrogens with zero attached hydrogens (tertiary/aromatic N) is 1. The van der Waals surface area contributed by atoms with Gasteiger partial charge in [-0.2, -0.15) is 0 Å². The van der Waals surface area contributed by atoms with E-state index in [9.17, 15) is 14.7 Å². The van der Waals surface area contributed by atoms with E-state index in [4.69, 9.17) is 18.9 Å². The fourth-order valence-electron chi connectivity index (χ4n) is 4.88. The standard InChI is InChI=1S/C30H31NO7/c1-18-13-26(37-5)19(2)12-23(18)28(33)30(21-10-11-25(36-4)27(15-21)38-6)16-24(32)29(34)31(30)17-20-8-7-9-22(14-20)35-3/h7-16,32H,17H2,1-6H3. The van der Waals surface area contributed by atoms with Gasteiger partial charge in [-0.3, -0.25) is 9.59 Å². The van der Waals surface area contributed by atoms with Crippen molar-refractivity contribution >= 4 is 11.7 Å². The molecule has 3 aromatic carbocycles. The number of hydrogen-bond acceptors (Lipinski definition) is 7. The molecule has 3 aromatic rings. The SMILES string of the molecule is COc1cccc(CN2C(=O)C(O)=CC2(C(=O)c2cc(C)c(OC)cc2C)c2ccc(OC)c(OC)c2)c1. The van der Waals surface area contributed by atoms with Crippen molar-refractivity contribution in [2.75, 3.05) is 28.4 Å². The van der Waals surface area contributed by atoms with Crippen molar-refractivity contribution in [1.82, 2.24) is 4.90 Å². The van der Waals surface area contributed by atoms with Gasteiger partial charge < -0.3 is 29.0 Å². The highest BCUT2D eigenvalue weighted by atomic mass is 16.5. The Morgan fingerprint density at radius 1 is 0.842 bits per heavy atom. The summed E-state index contributed by atoms with van der Waals surface area (Å²) in [5.41, 5.74) is 1.32. The summed E-state index contributed by atoms with van der Waals surface area (Å²) >= 11 is 0. The molecule has 1 heterocycles. The van der Waals surface area contributed by atoms with E-state index in [2.05, 4.69) is 0 Å². The van der Waals surface area contributed by atoms with Gasteiger partial charge in [-0.15, -0.1) is 0 Å². The average Bonchev–Trinajstić information content (AvgIpc) is 3.19. The van der Waals surface area contributed by atoms with Gasteiger partial charge in [-0.25, -0.2) is 0 Å². The van der Waals surface area contributed by atoms with Crippen LogP contribution in [0.1, 0.15) is 32.6 Å². The van der Waals surface area contributed by atoms with Crippen LogP contribution in [0.25, 0.3) is 0 Å². The Morgan fingerprint density at radius 2 is 1.55 bits per heavy atom. The number of rotatable bonds is 9. The molecule has 1 atom stereocenters. The molecule has 198 valence electrons. The minimum absolute atomic E-state index is 0.0326. The lowest BCUT2D eigenvalue weighted by Crippen LogP contribution is -2.49. The number of ether oxygens (including phenoxy) is 4. The first kappa shape index (κ1) is 26.6. The van der Waals surface area contributed by atoms with Crippen LogP contribution in [0.4, 0.5) is 0 Å². The molecule has 0 spiro atoms. The van der Waals surface area contributed by atoms with Gasteiger partial charge in [0.05, 0.1) is 28.4 Å². The van der Waals surface area contributed by atoms with Gasteiger partial charge in [0.2, 0.25) is 0 Å². The molecule has 1 unspecified atom stereocenters. The van der Waals surface area contributed by atoms with Crippen LogP contribution in [-0.2, 0) is 16.9 Å². The highest BCUT2D eigenvalue weighted by Gasteiger charge is 2.53. The zero-order chi connectivity index (χ0) is 27.6. The van der Waals surface area contributed by atoms with E-state index >= 15 is 0 Å². The van der Waals surface area contributed by atoms with Crippen LogP contribution >= 0.6 is 0 Å². The summed E-state index contributed by atoms with van der Waals surface area (Å²) in [5, 5.41) is 10.8. The van der Waals surface area contributed by atoms with Crippen molar-refractivity contribution < 1.29 is 33.6 Å². The summed E-state index contributed by atoms with van der Waals surface area (Å²) in [5.74, 6) is 0.538. The highest BCUT2D eigenvalue weighted by molar-refractivity contribution is 6.12. The first-order chi connectivity index (χ1) is 18.2. The molecule has 8 heteroatoms. The number of ketones is 1. The minimum atomic E-state index is -1.67.